The van der Waals surface area contributed by atoms with Crippen LogP contribution in [0.15, 0.2) is 47.4 Å². The topological polar surface area (TPSA) is 66.8 Å². The van der Waals surface area contributed by atoms with E-state index < -0.39 is 27.3 Å². The van der Waals surface area contributed by atoms with Crippen LogP contribution in [-0.4, -0.2) is 76.7 Å². The summed E-state index contributed by atoms with van der Waals surface area (Å²) in [5.74, 6) is 0.243. The van der Waals surface area contributed by atoms with Crippen molar-refractivity contribution in [1.29, 1.82) is 0 Å². The number of aliphatic hydroxyl groups excluding tert-OH is 1. The molecule has 0 spiro atoms. The van der Waals surface area contributed by atoms with Crippen molar-refractivity contribution in [2.45, 2.75) is 77.2 Å². The minimum absolute atomic E-state index is 0.0380. The average Bonchev–Trinajstić information content (AvgIpc) is 3.00. The Balaban J connectivity index is 2.11. The Bertz CT molecular complexity index is 1180. The molecule has 1 aliphatic heterocycles. The first-order valence-electron chi connectivity index (χ1n) is 14.8. The Morgan fingerprint density at radius 3 is 2.31 bits per heavy atom. The Morgan fingerprint density at radius 2 is 1.72 bits per heavy atom. The average molecular weight is 560 g/mol. The van der Waals surface area contributed by atoms with Crippen molar-refractivity contribution in [2.75, 3.05) is 57.5 Å². The highest BCUT2D eigenvalue weighted by atomic mass is 32.2. The van der Waals surface area contributed by atoms with Crippen molar-refractivity contribution in [3.8, 4) is 5.75 Å². The van der Waals surface area contributed by atoms with E-state index in [1.54, 1.807) is 6.07 Å². The SMILES string of the molecule is CCCC[C@]1(CC)CS(=O)(=O)c2ccc(N(C)C)cc2[C@@H](c2cccc(OCC[N+](CC)(CC)CC)c2)[C@H]1O. The number of quaternary nitrogens is 1. The second-order valence-corrected chi connectivity index (χ2v) is 13.5. The molecule has 1 N–H and O–H groups in total. The van der Waals surface area contributed by atoms with E-state index in [0.717, 1.165) is 60.5 Å². The lowest BCUT2D eigenvalue weighted by atomic mass is 9.69. The second-order valence-electron chi connectivity index (χ2n) is 11.6. The molecule has 1 aliphatic rings. The molecule has 0 radical (unpaired) electrons. The lowest BCUT2D eigenvalue weighted by Crippen LogP contribution is -2.49. The second kappa shape index (κ2) is 13.0. The lowest BCUT2D eigenvalue weighted by molar-refractivity contribution is -0.923. The van der Waals surface area contributed by atoms with Crippen LogP contribution < -0.4 is 9.64 Å². The number of unbranched alkanes of at least 4 members (excludes halogenated alkanes) is 1. The maximum atomic E-state index is 13.9. The summed E-state index contributed by atoms with van der Waals surface area (Å²) in [5, 5.41) is 12.2. The number of aliphatic hydroxyl groups is 1. The summed E-state index contributed by atoms with van der Waals surface area (Å²) in [7, 11) is 0.294. The van der Waals surface area contributed by atoms with Gasteiger partial charge in [0, 0.05) is 31.1 Å². The quantitative estimate of drug-likeness (QED) is 0.311. The van der Waals surface area contributed by atoms with Gasteiger partial charge in [0.15, 0.2) is 9.84 Å². The molecule has 2 aromatic rings. The van der Waals surface area contributed by atoms with Crippen LogP contribution in [0.5, 0.6) is 5.75 Å². The summed E-state index contributed by atoms with van der Waals surface area (Å²) in [6.45, 7) is 15.6. The number of hydrogen-bond acceptors (Lipinski definition) is 5. The number of rotatable bonds is 13. The van der Waals surface area contributed by atoms with E-state index in [1.807, 2.05) is 62.3 Å². The van der Waals surface area contributed by atoms with Gasteiger partial charge in [-0.15, -0.1) is 0 Å². The van der Waals surface area contributed by atoms with Gasteiger partial charge in [0.05, 0.1) is 36.4 Å². The number of fused-ring (bicyclic) bond motifs is 1. The van der Waals surface area contributed by atoms with Crippen LogP contribution >= 0.6 is 0 Å². The van der Waals surface area contributed by atoms with E-state index in [0.29, 0.717) is 29.9 Å². The van der Waals surface area contributed by atoms with Crippen molar-refractivity contribution in [1.82, 2.24) is 0 Å². The highest BCUT2D eigenvalue weighted by molar-refractivity contribution is 7.91. The molecule has 218 valence electrons. The molecule has 1 heterocycles. The number of likely N-dealkylation sites (N-methyl/N-ethyl adjacent to an activating group) is 1. The van der Waals surface area contributed by atoms with Gasteiger partial charge in [-0.1, -0.05) is 38.8 Å². The zero-order valence-electron chi connectivity index (χ0n) is 25.2. The first-order valence-corrected chi connectivity index (χ1v) is 16.5. The Hall–Kier alpha value is -2.09. The van der Waals surface area contributed by atoms with E-state index in [4.69, 9.17) is 4.74 Å². The molecule has 39 heavy (non-hydrogen) atoms. The van der Waals surface area contributed by atoms with Crippen LogP contribution in [0.1, 0.15) is 77.3 Å². The third-order valence-corrected chi connectivity index (χ3v) is 11.4. The van der Waals surface area contributed by atoms with Crippen LogP contribution in [0.25, 0.3) is 0 Å². The summed E-state index contributed by atoms with van der Waals surface area (Å²) in [4.78, 5) is 2.32. The lowest BCUT2D eigenvalue weighted by Gasteiger charge is -2.39. The molecule has 0 bridgehead atoms. The van der Waals surface area contributed by atoms with Gasteiger partial charge in [0.1, 0.15) is 18.9 Å². The van der Waals surface area contributed by atoms with Crippen molar-refractivity contribution in [2.24, 2.45) is 5.41 Å². The van der Waals surface area contributed by atoms with E-state index in [2.05, 4.69) is 27.7 Å². The smallest absolute Gasteiger partial charge is 0.179 e. The normalized spacial score (nSPS) is 22.7. The predicted octanol–water partition coefficient (Wildman–Crippen LogP) is 5.87. The molecule has 2 aromatic carbocycles. The summed E-state index contributed by atoms with van der Waals surface area (Å²) in [5.41, 5.74) is 1.76. The molecule has 0 aliphatic carbocycles. The molecular weight excluding hydrogens is 508 g/mol. The number of ether oxygens (including phenoxy) is 1. The molecule has 6 nitrogen and oxygen atoms in total. The molecule has 0 unspecified atom stereocenters. The van der Waals surface area contributed by atoms with Gasteiger partial charge in [-0.2, -0.15) is 0 Å². The maximum Gasteiger partial charge on any atom is 0.179 e. The first-order chi connectivity index (χ1) is 18.5. The summed E-state index contributed by atoms with van der Waals surface area (Å²) >= 11 is 0. The predicted molar refractivity (Wildman–Crippen MR) is 162 cm³/mol. The van der Waals surface area contributed by atoms with Crippen LogP contribution in [0.4, 0.5) is 5.69 Å². The minimum Gasteiger partial charge on any atom is -0.488 e. The molecule has 3 atom stereocenters. The van der Waals surface area contributed by atoms with Crippen molar-refractivity contribution in [3.05, 3.63) is 53.6 Å². The minimum atomic E-state index is -3.61. The van der Waals surface area contributed by atoms with Gasteiger partial charge in [-0.05, 0) is 75.1 Å². The molecule has 0 aromatic heterocycles. The van der Waals surface area contributed by atoms with Gasteiger partial charge < -0.3 is 19.2 Å². The Labute approximate surface area is 237 Å². The number of anilines is 1. The number of hydrogen-bond donors (Lipinski definition) is 1. The van der Waals surface area contributed by atoms with Crippen molar-refractivity contribution in [3.63, 3.8) is 0 Å². The fourth-order valence-corrected chi connectivity index (χ4v) is 8.56. The number of nitrogens with zero attached hydrogens (tertiary/aromatic N) is 2. The third kappa shape index (κ3) is 6.63. The molecule has 0 saturated heterocycles. The van der Waals surface area contributed by atoms with Crippen molar-refractivity contribution >= 4 is 15.5 Å². The highest BCUT2D eigenvalue weighted by Crippen LogP contribution is 2.49. The Morgan fingerprint density at radius 1 is 1.03 bits per heavy atom. The summed E-state index contributed by atoms with van der Waals surface area (Å²) < 4.78 is 35.0. The van der Waals surface area contributed by atoms with E-state index in [9.17, 15) is 13.5 Å². The van der Waals surface area contributed by atoms with Crippen LogP contribution in [0.2, 0.25) is 0 Å². The molecule has 0 amide bonds. The maximum absolute atomic E-state index is 13.9. The molecule has 3 rings (SSSR count). The number of benzene rings is 2. The van der Waals surface area contributed by atoms with Crippen molar-refractivity contribution < 1.29 is 22.7 Å². The van der Waals surface area contributed by atoms with E-state index in [-0.39, 0.29) is 5.75 Å². The fourth-order valence-electron chi connectivity index (χ4n) is 6.30. The summed E-state index contributed by atoms with van der Waals surface area (Å²) in [6.07, 6.45) is 2.25. The van der Waals surface area contributed by atoms with Crippen LogP contribution in [-0.2, 0) is 9.84 Å². The monoisotopic (exact) mass is 559 g/mol. The highest BCUT2D eigenvalue weighted by Gasteiger charge is 2.49. The molecule has 0 saturated carbocycles. The Kier molecular flexibility index (Phi) is 10.5. The first kappa shape index (κ1) is 31.4. The van der Waals surface area contributed by atoms with Gasteiger partial charge in [-0.3, -0.25) is 0 Å². The number of sulfone groups is 1. The third-order valence-electron chi connectivity index (χ3n) is 9.40. The van der Waals surface area contributed by atoms with Crippen LogP contribution in [0, 0.1) is 5.41 Å². The van der Waals surface area contributed by atoms with Crippen LogP contribution in [0.3, 0.4) is 0 Å². The van der Waals surface area contributed by atoms with Gasteiger partial charge >= 0.3 is 0 Å². The zero-order chi connectivity index (χ0) is 28.8. The summed E-state index contributed by atoms with van der Waals surface area (Å²) in [6, 6.07) is 13.5. The largest absolute Gasteiger partial charge is 0.488 e. The van der Waals surface area contributed by atoms with Gasteiger partial charge in [0.2, 0.25) is 0 Å². The van der Waals surface area contributed by atoms with Gasteiger partial charge in [0.25, 0.3) is 0 Å². The van der Waals surface area contributed by atoms with E-state index >= 15 is 0 Å². The van der Waals surface area contributed by atoms with Gasteiger partial charge in [-0.25, -0.2) is 8.42 Å². The van der Waals surface area contributed by atoms with E-state index in [1.165, 1.54) is 0 Å². The zero-order valence-corrected chi connectivity index (χ0v) is 26.1. The fraction of sp³-hybridized carbons (Fsp3) is 0.625. The molecular formula is C32H51N2O4S+. The molecule has 0 fully saturated rings. The molecule has 7 heteroatoms. The standard InChI is InChI=1S/C32H51N2O4S/c1-8-13-19-32(9-2)24-39(36,37)29-18-17-26(33(6)7)23-28(29)30(31(32)35)25-15-14-16-27(22-25)38-21-20-34(10-3,11-4)12-5/h14-18,22-23,30-31,35H,8-13,19-21,24H2,1-7H3/q+1/t30-,31-,32-/m1/s1.